The lowest BCUT2D eigenvalue weighted by Crippen LogP contribution is -2.69. The Bertz CT molecular complexity index is 1550. The Balaban J connectivity index is 1.71. The summed E-state index contributed by atoms with van der Waals surface area (Å²) in [4.78, 5) is 37.4. The third-order valence-electron chi connectivity index (χ3n) is 14.7. The van der Waals surface area contributed by atoms with E-state index >= 15 is 0 Å². The zero-order valence-electron chi connectivity index (χ0n) is 45.7. The van der Waals surface area contributed by atoms with Gasteiger partial charge in [-0.3, -0.25) is 18.6 Å². The van der Waals surface area contributed by atoms with Gasteiger partial charge in [0.15, 0.2) is 18.7 Å². The van der Waals surface area contributed by atoms with Gasteiger partial charge in [-0.2, -0.15) is 0 Å². The second-order valence-electron chi connectivity index (χ2n) is 21.2. The maximum atomic E-state index is 14.0. The van der Waals surface area contributed by atoms with Crippen LogP contribution in [0.15, 0.2) is 0 Å². The average Bonchev–Trinajstić information content (AvgIpc) is 3.41. The lowest BCUT2D eigenvalue weighted by atomic mass is 9.84. The first kappa shape index (κ1) is 69.7. The summed E-state index contributed by atoms with van der Waals surface area (Å²) in [6.45, 7) is 1.00. The number of aliphatic hydroxyl groups excluding tert-OH is 11. The molecule has 0 aromatic rings. The number of unbranched alkanes of at least 4 members (excludes halogenated alkanes) is 24. The molecule has 12 N–H and O–H groups in total. The van der Waals surface area contributed by atoms with Crippen molar-refractivity contribution >= 4 is 19.8 Å². The molecule has 24 heteroatoms. The molecule has 0 spiro atoms. The quantitative estimate of drug-likeness (QED) is 0.0237. The number of rotatable bonds is 42. The lowest BCUT2D eigenvalue weighted by molar-refractivity contribution is -0.360. The van der Waals surface area contributed by atoms with Crippen molar-refractivity contribution in [3.8, 4) is 0 Å². The van der Waals surface area contributed by atoms with Crippen LogP contribution < -0.4 is 0 Å². The molecular formula is C53H99O23P. The molecule has 16 unspecified atom stereocenters. The molecule has 16 atom stereocenters. The molecule has 0 bridgehead atoms. The van der Waals surface area contributed by atoms with Crippen LogP contribution in [0.25, 0.3) is 0 Å². The van der Waals surface area contributed by atoms with Crippen molar-refractivity contribution in [2.24, 2.45) is 0 Å². The van der Waals surface area contributed by atoms with Crippen molar-refractivity contribution in [2.75, 3.05) is 26.4 Å². The van der Waals surface area contributed by atoms with Gasteiger partial charge in [0.2, 0.25) is 0 Å². The van der Waals surface area contributed by atoms with E-state index in [1.54, 1.807) is 0 Å². The Morgan fingerprint density at radius 3 is 1.14 bits per heavy atom. The molecule has 2 aliphatic heterocycles. The highest BCUT2D eigenvalue weighted by Crippen LogP contribution is 2.49. The minimum absolute atomic E-state index is 0.0258. The van der Waals surface area contributed by atoms with E-state index in [4.69, 9.17) is 37.5 Å². The summed E-state index contributed by atoms with van der Waals surface area (Å²) < 4.78 is 58.0. The molecule has 1 aliphatic carbocycles. The summed E-state index contributed by atoms with van der Waals surface area (Å²) in [5, 5.41) is 116. The summed E-state index contributed by atoms with van der Waals surface area (Å²) in [6.07, 6.45) is -6.11. The summed E-state index contributed by atoms with van der Waals surface area (Å²) in [7, 11) is -5.63. The van der Waals surface area contributed by atoms with Gasteiger partial charge in [0.1, 0.15) is 92.1 Å². The van der Waals surface area contributed by atoms with Crippen LogP contribution in [0, 0.1) is 0 Å². The molecule has 0 amide bonds. The van der Waals surface area contributed by atoms with Gasteiger partial charge in [-0.05, 0) is 12.8 Å². The van der Waals surface area contributed by atoms with E-state index in [1.807, 2.05) is 0 Å². The molecular weight excluding hydrogens is 1040 g/mol. The van der Waals surface area contributed by atoms with Crippen molar-refractivity contribution < 1.29 is 113 Å². The number of carbonyl (C=O) groups is 2. The second-order valence-corrected chi connectivity index (χ2v) is 22.6. The highest BCUT2D eigenvalue weighted by Gasteiger charge is 2.58. The third kappa shape index (κ3) is 25.2. The minimum atomic E-state index is -5.63. The monoisotopic (exact) mass is 1130 g/mol. The molecule has 2 heterocycles. The number of phosphoric acid groups is 1. The first-order valence-corrected chi connectivity index (χ1v) is 30.4. The molecule has 0 aromatic heterocycles. The highest BCUT2D eigenvalue weighted by molar-refractivity contribution is 7.47. The third-order valence-corrected chi connectivity index (χ3v) is 15.7. The molecule has 23 nitrogen and oxygen atoms in total. The Kier molecular flexibility index (Phi) is 35.3. The SMILES string of the molecule is CCCCCCCCCCCCCCCCCC(=O)OCC(COP(=O)(O)OC1C(OC2OC(CO)C(O)C(O)C2O)C(O)C(O)C(O)C1OC1OC(CO)C(O)C(O)C1O)OC(=O)CCCCCCCCCCCCC. The van der Waals surface area contributed by atoms with Crippen molar-refractivity contribution in [2.45, 2.75) is 298 Å². The largest absolute Gasteiger partial charge is 0.472 e. The fourth-order valence-electron chi connectivity index (χ4n) is 9.83. The van der Waals surface area contributed by atoms with Crippen LogP contribution in [0.2, 0.25) is 0 Å². The minimum Gasteiger partial charge on any atom is -0.462 e. The van der Waals surface area contributed by atoms with Gasteiger partial charge in [0.25, 0.3) is 0 Å². The Morgan fingerprint density at radius 2 is 0.779 bits per heavy atom. The number of carbonyl (C=O) groups excluding carboxylic acids is 2. The molecule has 0 radical (unpaired) electrons. The van der Waals surface area contributed by atoms with Gasteiger partial charge in [0, 0.05) is 12.8 Å². The molecule has 454 valence electrons. The van der Waals surface area contributed by atoms with Gasteiger partial charge in [-0.25, -0.2) is 4.57 Å². The Labute approximate surface area is 455 Å². The van der Waals surface area contributed by atoms with Crippen LogP contribution in [0.5, 0.6) is 0 Å². The first-order valence-electron chi connectivity index (χ1n) is 28.9. The zero-order valence-corrected chi connectivity index (χ0v) is 46.6. The average molecular weight is 1140 g/mol. The zero-order chi connectivity index (χ0) is 56.8. The normalized spacial score (nSPS) is 31.9. The molecule has 1 saturated carbocycles. The lowest BCUT2D eigenvalue weighted by Gasteiger charge is -2.49. The highest BCUT2D eigenvalue weighted by atomic mass is 31.2. The van der Waals surface area contributed by atoms with Gasteiger partial charge >= 0.3 is 19.8 Å². The standard InChI is InChI=1S/C53H99O23P/c1-3-5-7-9-11-13-15-16-17-18-20-21-23-25-27-29-38(56)69-33-35(71-39(57)30-28-26-24-22-19-14-12-10-8-6-4-2)34-70-77(67,68)76-51-49(74-52-47(65)42(60)40(58)36(31-54)72-52)45(63)44(62)46(64)50(51)75-53-48(66)43(61)41(59)37(32-55)73-53/h35-37,40-55,58-66H,3-34H2,1-2H3,(H,67,68). The number of hydrogen-bond donors (Lipinski definition) is 12. The van der Waals surface area contributed by atoms with Gasteiger partial charge in [-0.1, -0.05) is 168 Å². The number of ether oxygens (including phenoxy) is 6. The molecule has 0 aromatic carbocycles. The van der Waals surface area contributed by atoms with Crippen molar-refractivity contribution in [1.82, 2.24) is 0 Å². The fraction of sp³-hybridized carbons (Fsp3) is 0.962. The van der Waals surface area contributed by atoms with E-state index in [-0.39, 0.29) is 12.8 Å². The van der Waals surface area contributed by atoms with Gasteiger partial charge in [0.05, 0.1) is 19.8 Å². The summed E-state index contributed by atoms with van der Waals surface area (Å²) in [5.74, 6) is -1.32. The molecule has 2 saturated heterocycles. The first-order chi connectivity index (χ1) is 36.9. The Hall–Kier alpha value is -1.55. The van der Waals surface area contributed by atoms with E-state index in [0.29, 0.717) is 12.8 Å². The van der Waals surface area contributed by atoms with Gasteiger partial charge < -0.3 is 89.5 Å². The van der Waals surface area contributed by atoms with E-state index in [9.17, 15) is 75.2 Å². The second kappa shape index (κ2) is 39.0. The van der Waals surface area contributed by atoms with Crippen molar-refractivity contribution in [3.05, 3.63) is 0 Å². The van der Waals surface area contributed by atoms with E-state index in [1.165, 1.54) is 96.3 Å². The number of esters is 2. The van der Waals surface area contributed by atoms with Gasteiger partial charge in [-0.15, -0.1) is 0 Å². The summed E-state index contributed by atoms with van der Waals surface area (Å²) in [5.41, 5.74) is 0. The van der Waals surface area contributed by atoms with Crippen LogP contribution in [0.1, 0.15) is 194 Å². The van der Waals surface area contributed by atoms with Crippen LogP contribution in [0.4, 0.5) is 0 Å². The fourth-order valence-corrected chi connectivity index (χ4v) is 10.8. The van der Waals surface area contributed by atoms with Crippen molar-refractivity contribution in [3.63, 3.8) is 0 Å². The van der Waals surface area contributed by atoms with E-state index in [0.717, 1.165) is 57.8 Å². The van der Waals surface area contributed by atoms with E-state index in [2.05, 4.69) is 13.8 Å². The molecule has 3 aliphatic rings. The van der Waals surface area contributed by atoms with Crippen LogP contribution in [-0.2, 0) is 51.6 Å². The van der Waals surface area contributed by atoms with E-state index < -0.39 is 150 Å². The molecule has 77 heavy (non-hydrogen) atoms. The topological polar surface area (TPSA) is 368 Å². The smallest absolute Gasteiger partial charge is 0.462 e. The Morgan fingerprint density at radius 1 is 0.442 bits per heavy atom. The number of phosphoric ester groups is 1. The van der Waals surface area contributed by atoms with Crippen LogP contribution >= 0.6 is 7.82 Å². The van der Waals surface area contributed by atoms with Crippen LogP contribution in [0.3, 0.4) is 0 Å². The molecule has 3 rings (SSSR count). The van der Waals surface area contributed by atoms with Crippen LogP contribution in [-0.4, -0.2) is 204 Å². The summed E-state index contributed by atoms with van der Waals surface area (Å²) in [6, 6.07) is 0. The predicted octanol–water partition coefficient (Wildman–Crippen LogP) is 3.37. The summed E-state index contributed by atoms with van der Waals surface area (Å²) >= 11 is 0. The molecule has 3 fully saturated rings. The number of hydrogen-bond acceptors (Lipinski definition) is 22. The predicted molar refractivity (Wildman–Crippen MR) is 277 cm³/mol. The van der Waals surface area contributed by atoms with Crippen molar-refractivity contribution in [1.29, 1.82) is 0 Å². The number of aliphatic hydroxyl groups is 11. The maximum Gasteiger partial charge on any atom is 0.472 e. The maximum absolute atomic E-state index is 14.0.